The summed E-state index contributed by atoms with van der Waals surface area (Å²) in [5.41, 5.74) is -0.0754. The molecule has 4 aliphatic carbocycles. The first-order valence-electron chi connectivity index (χ1n) is 11.7. The van der Waals surface area contributed by atoms with E-state index < -0.39 is 22.1 Å². The van der Waals surface area contributed by atoms with Crippen molar-refractivity contribution in [3.63, 3.8) is 0 Å². The molecule has 1 heterocycles. The molecule has 0 unspecified atom stereocenters. The van der Waals surface area contributed by atoms with Crippen LogP contribution < -0.4 is 10.1 Å². The Hall–Kier alpha value is -1.81. The number of ether oxygens (including phenoxy) is 1. The lowest BCUT2D eigenvalue weighted by atomic mass is 9.53. The minimum atomic E-state index is -4.90. The highest BCUT2D eigenvalue weighted by atomic mass is 32.2. The van der Waals surface area contributed by atoms with Crippen LogP contribution >= 0.6 is 0 Å². The maximum Gasteiger partial charge on any atom is 0.573 e. The van der Waals surface area contributed by atoms with Gasteiger partial charge in [0.05, 0.1) is 4.90 Å². The number of hydrogen-bond donors (Lipinski definition) is 1. The summed E-state index contributed by atoms with van der Waals surface area (Å²) < 4.78 is 68.5. The standard InChI is InChI=1S/C23H29F3N2O4S/c24-23(25,26)32-19-2-1-3-20(11-19)33(30,31)28-6-4-18(5-7-28)21(29)27-22-12-15-8-16(13-22)10-17(9-15)14-22/h1-3,11,15-18H,4-10,12-14H2,(H,27,29). The first kappa shape index (κ1) is 23.0. The van der Waals surface area contributed by atoms with Crippen LogP contribution in [0.4, 0.5) is 13.2 Å². The molecule has 6 nitrogen and oxygen atoms in total. The van der Waals surface area contributed by atoms with Crippen LogP contribution in [0.5, 0.6) is 5.75 Å². The molecular formula is C23H29F3N2O4S. The Balaban J connectivity index is 1.20. The number of piperidine rings is 1. The predicted octanol–water partition coefficient (Wildman–Crippen LogP) is 4.07. The van der Waals surface area contributed by atoms with Crippen LogP contribution in [0.3, 0.4) is 0 Å². The van der Waals surface area contributed by atoms with Crippen LogP contribution in [0, 0.1) is 23.7 Å². The Labute approximate surface area is 191 Å². The van der Waals surface area contributed by atoms with E-state index in [0.29, 0.717) is 12.8 Å². The summed E-state index contributed by atoms with van der Waals surface area (Å²) in [4.78, 5) is 12.8. The van der Waals surface area contributed by atoms with Crippen LogP contribution in [-0.2, 0) is 14.8 Å². The van der Waals surface area contributed by atoms with Crippen molar-refractivity contribution in [2.75, 3.05) is 13.1 Å². The van der Waals surface area contributed by atoms with E-state index in [1.165, 1.54) is 35.7 Å². The molecule has 6 rings (SSSR count). The molecule has 0 spiro atoms. The second-order valence-corrected chi connectivity index (χ2v) is 12.3. The summed E-state index contributed by atoms with van der Waals surface area (Å²) in [6.45, 7) is 0.317. The Bertz CT molecular complexity index is 983. The highest BCUT2D eigenvalue weighted by molar-refractivity contribution is 7.89. The summed E-state index contributed by atoms with van der Waals surface area (Å²) in [6, 6.07) is 4.42. The van der Waals surface area contributed by atoms with Gasteiger partial charge in [-0.3, -0.25) is 4.79 Å². The summed E-state index contributed by atoms with van der Waals surface area (Å²) in [6.07, 6.45) is 2.97. The molecule has 0 atom stereocenters. The number of rotatable bonds is 5. The maximum absolute atomic E-state index is 13.1. The third kappa shape index (κ3) is 4.73. The molecule has 1 aliphatic heterocycles. The lowest BCUT2D eigenvalue weighted by Gasteiger charge is -2.57. The molecule has 5 aliphatic rings. The number of nitrogens with zero attached hydrogens (tertiary/aromatic N) is 1. The third-order valence-corrected chi connectivity index (χ3v) is 9.82. The van der Waals surface area contributed by atoms with Gasteiger partial charge in [0, 0.05) is 30.6 Å². The lowest BCUT2D eigenvalue weighted by Crippen LogP contribution is -2.61. The van der Waals surface area contributed by atoms with E-state index >= 15 is 0 Å². The van der Waals surface area contributed by atoms with Gasteiger partial charge in [-0.15, -0.1) is 13.2 Å². The molecule has 1 amide bonds. The lowest BCUT2D eigenvalue weighted by molar-refractivity contribution is -0.274. The fraction of sp³-hybridized carbons (Fsp3) is 0.696. The molecular weight excluding hydrogens is 457 g/mol. The molecule has 0 aromatic heterocycles. The van der Waals surface area contributed by atoms with Gasteiger partial charge in [0.25, 0.3) is 0 Å². The van der Waals surface area contributed by atoms with Gasteiger partial charge in [0.2, 0.25) is 15.9 Å². The molecule has 4 bridgehead atoms. The number of nitrogens with one attached hydrogen (secondary N) is 1. The van der Waals surface area contributed by atoms with E-state index in [4.69, 9.17) is 0 Å². The first-order chi connectivity index (χ1) is 15.5. The van der Waals surface area contributed by atoms with Crippen LogP contribution in [-0.4, -0.2) is 43.6 Å². The Morgan fingerprint density at radius 2 is 1.61 bits per heavy atom. The van der Waals surface area contributed by atoms with Crippen LogP contribution in [0.2, 0.25) is 0 Å². The Morgan fingerprint density at radius 3 is 2.15 bits per heavy atom. The smallest absolute Gasteiger partial charge is 0.406 e. The van der Waals surface area contributed by atoms with Crippen molar-refractivity contribution in [2.45, 2.75) is 68.2 Å². The fourth-order valence-corrected chi connectivity index (χ4v) is 8.47. The van der Waals surface area contributed by atoms with E-state index in [1.54, 1.807) is 0 Å². The van der Waals surface area contributed by atoms with E-state index in [1.807, 2.05) is 0 Å². The number of hydrogen-bond acceptors (Lipinski definition) is 4. The van der Waals surface area contributed by atoms with Gasteiger partial charge in [-0.25, -0.2) is 8.42 Å². The molecule has 1 N–H and O–H groups in total. The second kappa shape index (κ2) is 8.15. The van der Waals surface area contributed by atoms with Gasteiger partial charge in [0.15, 0.2) is 0 Å². The fourth-order valence-electron chi connectivity index (χ4n) is 6.97. The quantitative estimate of drug-likeness (QED) is 0.681. The van der Waals surface area contributed by atoms with Crippen molar-refractivity contribution in [1.82, 2.24) is 9.62 Å². The van der Waals surface area contributed by atoms with E-state index in [-0.39, 0.29) is 35.3 Å². The van der Waals surface area contributed by atoms with Gasteiger partial charge >= 0.3 is 6.36 Å². The zero-order valence-electron chi connectivity index (χ0n) is 18.3. The second-order valence-electron chi connectivity index (χ2n) is 10.4. The highest BCUT2D eigenvalue weighted by Crippen LogP contribution is 2.55. The number of sulfonamides is 1. The largest absolute Gasteiger partial charge is 0.573 e. The van der Waals surface area contributed by atoms with Gasteiger partial charge in [0.1, 0.15) is 5.75 Å². The van der Waals surface area contributed by atoms with Gasteiger partial charge < -0.3 is 10.1 Å². The summed E-state index contributed by atoms with van der Waals surface area (Å²) in [5, 5.41) is 3.38. The molecule has 1 saturated heterocycles. The number of alkyl halides is 3. The van der Waals surface area contributed by atoms with E-state index in [0.717, 1.165) is 49.1 Å². The van der Waals surface area contributed by atoms with E-state index in [2.05, 4.69) is 10.1 Å². The molecule has 33 heavy (non-hydrogen) atoms. The SMILES string of the molecule is O=C(NC12CC3CC(CC(C3)C1)C2)C1CCN(S(=O)(=O)c2cccc(OC(F)(F)F)c2)CC1. The maximum atomic E-state index is 13.1. The summed E-state index contributed by atoms with van der Waals surface area (Å²) in [5.74, 6) is 1.37. The molecule has 182 valence electrons. The zero-order valence-corrected chi connectivity index (χ0v) is 19.1. The van der Waals surface area contributed by atoms with Crippen LogP contribution in [0.1, 0.15) is 51.4 Å². The molecule has 0 radical (unpaired) electrons. The normalized spacial score (nSPS) is 32.6. The number of carbonyl (C=O) groups is 1. The van der Waals surface area contributed by atoms with Crippen molar-refractivity contribution < 1.29 is 31.1 Å². The van der Waals surface area contributed by atoms with Gasteiger partial charge in [-0.1, -0.05) is 6.07 Å². The minimum Gasteiger partial charge on any atom is -0.406 e. The topological polar surface area (TPSA) is 75.7 Å². The molecule has 1 aromatic rings. The number of benzene rings is 1. The molecule has 4 saturated carbocycles. The zero-order chi connectivity index (χ0) is 23.4. The third-order valence-electron chi connectivity index (χ3n) is 7.93. The van der Waals surface area contributed by atoms with Crippen molar-refractivity contribution in [3.05, 3.63) is 24.3 Å². The number of carbonyl (C=O) groups excluding carboxylic acids is 1. The first-order valence-corrected chi connectivity index (χ1v) is 13.1. The Morgan fingerprint density at radius 1 is 1.03 bits per heavy atom. The average Bonchev–Trinajstić information content (AvgIpc) is 2.71. The average molecular weight is 487 g/mol. The van der Waals surface area contributed by atoms with Gasteiger partial charge in [-0.05, 0) is 81.3 Å². The monoisotopic (exact) mass is 486 g/mol. The van der Waals surface area contributed by atoms with Crippen molar-refractivity contribution in [2.24, 2.45) is 23.7 Å². The number of amides is 1. The van der Waals surface area contributed by atoms with Crippen LogP contribution in [0.25, 0.3) is 0 Å². The molecule has 5 fully saturated rings. The highest BCUT2D eigenvalue weighted by Gasteiger charge is 2.52. The number of halogens is 3. The Kier molecular flexibility index (Phi) is 5.67. The van der Waals surface area contributed by atoms with Crippen molar-refractivity contribution in [3.8, 4) is 5.75 Å². The predicted molar refractivity (Wildman–Crippen MR) is 114 cm³/mol. The molecule has 1 aromatic carbocycles. The van der Waals surface area contributed by atoms with Crippen LogP contribution in [0.15, 0.2) is 29.2 Å². The van der Waals surface area contributed by atoms with Gasteiger partial charge in [-0.2, -0.15) is 4.31 Å². The minimum absolute atomic E-state index is 0.0228. The summed E-state index contributed by atoms with van der Waals surface area (Å²) in [7, 11) is -3.98. The van der Waals surface area contributed by atoms with Crippen molar-refractivity contribution >= 4 is 15.9 Å². The van der Waals surface area contributed by atoms with E-state index in [9.17, 15) is 26.4 Å². The van der Waals surface area contributed by atoms with Crippen molar-refractivity contribution in [1.29, 1.82) is 0 Å². The summed E-state index contributed by atoms with van der Waals surface area (Å²) >= 11 is 0. The molecule has 10 heteroatoms.